The lowest BCUT2D eigenvalue weighted by molar-refractivity contribution is 0.520. The van der Waals surface area contributed by atoms with Gasteiger partial charge >= 0.3 is 0 Å². The summed E-state index contributed by atoms with van der Waals surface area (Å²) in [6.45, 7) is 2.46. The number of hydrogen-bond acceptors (Lipinski definition) is 5. The molecule has 7 heteroatoms. The number of aryl methyl sites for hydroxylation is 2. The number of rotatable bonds is 7. The normalized spacial score (nSPS) is 22.0. The molecule has 1 N–H and O–H groups in total. The van der Waals surface area contributed by atoms with E-state index in [1.807, 2.05) is 37.3 Å². The van der Waals surface area contributed by atoms with E-state index in [4.69, 9.17) is 0 Å². The van der Waals surface area contributed by atoms with Gasteiger partial charge in [0.1, 0.15) is 0 Å². The molecule has 0 amide bonds. The Kier molecular flexibility index (Phi) is 6.03. The summed E-state index contributed by atoms with van der Waals surface area (Å²) in [4.78, 5) is 0.186. The Balaban J connectivity index is 1.68. The van der Waals surface area contributed by atoms with Crippen LogP contribution in [0.1, 0.15) is 17.5 Å². The van der Waals surface area contributed by atoms with Crippen molar-refractivity contribution in [3.8, 4) is 0 Å². The maximum absolute atomic E-state index is 13.0. The van der Waals surface area contributed by atoms with Crippen LogP contribution >= 0.6 is 0 Å². The van der Waals surface area contributed by atoms with Gasteiger partial charge in [-0.25, -0.2) is 16.8 Å². The maximum atomic E-state index is 13.0. The van der Waals surface area contributed by atoms with E-state index in [-0.39, 0.29) is 16.4 Å². The van der Waals surface area contributed by atoms with Gasteiger partial charge in [0.25, 0.3) is 0 Å². The molecule has 2 atom stereocenters. The highest BCUT2D eigenvalue weighted by molar-refractivity contribution is 7.96. The largest absolute Gasteiger partial charge is 0.312 e. The summed E-state index contributed by atoms with van der Waals surface area (Å²) >= 11 is 0. The van der Waals surface area contributed by atoms with Crippen molar-refractivity contribution in [1.82, 2.24) is 5.32 Å². The third kappa shape index (κ3) is 4.97. The SMILES string of the molecule is Cc1ccc(S(=O)(=O)[C@H]2CS(=O)(=O)C[C@@H]2NCCCc2ccccc2)cc1. The first-order chi connectivity index (χ1) is 12.8. The Bertz CT molecular complexity index is 968. The van der Waals surface area contributed by atoms with Crippen molar-refractivity contribution >= 4 is 19.7 Å². The summed E-state index contributed by atoms with van der Waals surface area (Å²) in [5, 5.41) is 2.24. The van der Waals surface area contributed by atoms with E-state index in [0.29, 0.717) is 6.54 Å². The lowest BCUT2D eigenvalue weighted by atomic mass is 10.1. The van der Waals surface area contributed by atoms with Crippen molar-refractivity contribution in [2.45, 2.75) is 36.0 Å². The van der Waals surface area contributed by atoms with Gasteiger partial charge in [0.05, 0.1) is 21.7 Å². The van der Waals surface area contributed by atoms with E-state index < -0.39 is 31.0 Å². The fourth-order valence-electron chi connectivity index (χ4n) is 3.44. The predicted octanol–water partition coefficient (Wildman–Crippen LogP) is 2.16. The second-order valence-corrected chi connectivity index (χ2v) is 11.4. The first-order valence-electron chi connectivity index (χ1n) is 9.06. The molecule has 1 aliphatic heterocycles. The van der Waals surface area contributed by atoms with Crippen LogP contribution in [0.3, 0.4) is 0 Å². The van der Waals surface area contributed by atoms with Crippen LogP contribution in [0.25, 0.3) is 0 Å². The summed E-state index contributed by atoms with van der Waals surface area (Å²) in [5.41, 5.74) is 2.17. The first kappa shape index (κ1) is 20.0. The van der Waals surface area contributed by atoms with Crippen LogP contribution in [0.15, 0.2) is 59.5 Å². The monoisotopic (exact) mass is 407 g/mol. The summed E-state index contributed by atoms with van der Waals surface area (Å²) in [5.74, 6) is -0.451. The lowest BCUT2D eigenvalue weighted by Gasteiger charge is -2.20. The maximum Gasteiger partial charge on any atom is 0.183 e. The van der Waals surface area contributed by atoms with E-state index in [0.717, 1.165) is 18.4 Å². The van der Waals surface area contributed by atoms with Crippen molar-refractivity contribution in [2.75, 3.05) is 18.1 Å². The molecule has 1 aliphatic rings. The molecule has 1 fully saturated rings. The van der Waals surface area contributed by atoms with Crippen molar-refractivity contribution in [3.63, 3.8) is 0 Å². The fraction of sp³-hybridized carbons (Fsp3) is 0.400. The molecule has 0 saturated carbocycles. The molecule has 5 nitrogen and oxygen atoms in total. The smallest absolute Gasteiger partial charge is 0.183 e. The second-order valence-electron chi connectivity index (χ2n) is 7.12. The molecular formula is C20H25NO4S2. The Morgan fingerprint density at radius 3 is 2.33 bits per heavy atom. The van der Waals surface area contributed by atoms with E-state index in [9.17, 15) is 16.8 Å². The van der Waals surface area contributed by atoms with Gasteiger partial charge in [-0.05, 0) is 44.0 Å². The van der Waals surface area contributed by atoms with Gasteiger partial charge in [0.2, 0.25) is 0 Å². The molecule has 0 aromatic heterocycles. The number of nitrogens with one attached hydrogen (secondary N) is 1. The van der Waals surface area contributed by atoms with E-state index in [1.165, 1.54) is 5.56 Å². The highest BCUT2D eigenvalue weighted by atomic mass is 32.2. The minimum atomic E-state index is -3.71. The van der Waals surface area contributed by atoms with Crippen LogP contribution in [0, 0.1) is 6.92 Å². The quantitative estimate of drug-likeness (QED) is 0.712. The Morgan fingerprint density at radius 1 is 1.00 bits per heavy atom. The Labute approximate surface area is 161 Å². The summed E-state index contributed by atoms with van der Waals surface area (Å²) < 4.78 is 50.3. The molecule has 2 aromatic carbocycles. The van der Waals surface area contributed by atoms with Crippen LogP contribution < -0.4 is 5.32 Å². The standard InChI is InChI=1S/C20H25NO4S2/c1-16-9-11-18(12-10-16)27(24,25)20-15-26(22,23)14-19(20)21-13-5-8-17-6-3-2-4-7-17/h2-4,6-7,9-12,19-21H,5,8,13-15H2,1H3/t19-,20-/m0/s1. The van der Waals surface area contributed by atoms with Gasteiger partial charge in [-0.2, -0.15) is 0 Å². The van der Waals surface area contributed by atoms with Gasteiger partial charge in [-0.15, -0.1) is 0 Å². The van der Waals surface area contributed by atoms with E-state index in [1.54, 1.807) is 24.3 Å². The minimum Gasteiger partial charge on any atom is -0.312 e. The highest BCUT2D eigenvalue weighted by Gasteiger charge is 2.45. The molecular weight excluding hydrogens is 382 g/mol. The average molecular weight is 408 g/mol. The van der Waals surface area contributed by atoms with Crippen LogP contribution in [-0.4, -0.2) is 46.2 Å². The van der Waals surface area contributed by atoms with Crippen molar-refractivity contribution in [2.24, 2.45) is 0 Å². The van der Waals surface area contributed by atoms with Gasteiger partial charge in [-0.3, -0.25) is 0 Å². The molecule has 27 heavy (non-hydrogen) atoms. The van der Waals surface area contributed by atoms with E-state index >= 15 is 0 Å². The molecule has 0 unspecified atom stereocenters. The molecule has 0 radical (unpaired) electrons. The fourth-order valence-corrected chi connectivity index (χ4v) is 8.16. The zero-order valence-electron chi connectivity index (χ0n) is 15.3. The van der Waals surface area contributed by atoms with Crippen LogP contribution in [0.4, 0.5) is 0 Å². The summed E-state index contributed by atoms with van der Waals surface area (Å²) in [7, 11) is -7.08. The van der Waals surface area contributed by atoms with Gasteiger partial charge < -0.3 is 5.32 Å². The van der Waals surface area contributed by atoms with Gasteiger partial charge in [0, 0.05) is 6.04 Å². The molecule has 0 bridgehead atoms. The van der Waals surface area contributed by atoms with Gasteiger partial charge in [-0.1, -0.05) is 48.0 Å². The number of hydrogen-bond donors (Lipinski definition) is 1. The third-order valence-electron chi connectivity index (χ3n) is 4.94. The third-order valence-corrected chi connectivity index (χ3v) is 9.11. The lowest BCUT2D eigenvalue weighted by Crippen LogP contribution is -2.43. The minimum absolute atomic E-state index is 0.131. The Hall–Kier alpha value is -1.70. The number of benzene rings is 2. The highest BCUT2D eigenvalue weighted by Crippen LogP contribution is 2.26. The molecule has 0 aliphatic carbocycles. The molecule has 1 saturated heterocycles. The Morgan fingerprint density at radius 2 is 1.67 bits per heavy atom. The van der Waals surface area contributed by atoms with Crippen molar-refractivity contribution < 1.29 is 16.8 Å². The van der Waals surface area contributed by atoms with Crippen molar-refractivity contribution in [3.05, 3.63) is 65.7 Å². The van der Waals surface area contributed by atoms with Crippen LogP contribution in [0.5, 0.6) is 0 Å². The summed E-state index contributed by atoms with van der Waals surface area (Å²) in [6.07, 6.45) is 1.68. The van der Waals surface area contributed by atoms with Gasteiger partial charge in [0.15, 0.2) is 19.7 Å². The first-order valence-corrected chi connectivity index (χ1v) is 12.4. The van der Waals surface area contributed by atoms with Crippen molar-refractivity contribution in [1.29, 1.82) is 0 Å². The number of sulfone groups is 2. The zero-order chi connectivity index (χ0) is 19.5. The predicted molar refractivity (Wildman–Crippen MR) is 107 cm³/mol. The molecule has 1 heterocycles. The average Bonchev–Trinajstić information content (AvgIpc) is 2.95. The van der Waals surface area contributed by atoms with E-state index in [2.05, 4.69) is 5.32 Å². The molecule has 3 rings (SSSR count). The molecule has 0 spiro atoms. The summed E-state index contributed by atoms with van der Waals surface area (Å²) in [6, 6.07) is 16.0. The van der Waals surface area contributed by atoms with Crippen LogP contribution in [0.2, 0.25) is 0 Å². The second kappa shape index (κ2) is 8.12. The van der Waals surface area contributed by atoms with Crippen LogP contribution in [-0.2, 0) is 26.1 Å². The molecule has 2 aromatic rings. The molecule has 146 valence electrons. The topological polar surface area (TPSA) is 80.3 Å². The zero-order valence-corrected chi connectivity index (χ0v) is 17.0.